The molecule has 4 nitrogen and oxygen atoms in total. The number of nitrogens with one attached hydrogen (secondary N) is 1. The van der Waals surface area contributed by atoms with E-state index in [0.717, 1.165) is 30.8 Å². The Morgan fingerprint density at radius 3 is 2.72 bits per heavy atom. The average Bonchev–Trinajstić information content (AvgIpc) is 2.39. The maximum Gasteiger partial charge on any atom is 0.244 e. The Kier molecular flexibility index (Phi) is 3.87. The summed E-state index contributed by atoms with van der Waals surface area (Å²) >= 11 is 0. The van der Waals surface area contributed by atoms with E-state index in [-0.39, 0.29) is 11.9 Å². The molecule has 0 aromatic heterocycles. The molecule has 1 saturated heterocycles. The number of likely N-dealkylation sites (N-methyl/N-ethyl adjacent to an activating group) is 1. The second kappa shape index (κ2) is 5.40. The summed E-state index contributed by atoms with van der Waals surface area (Å²) in [6.45, 7) is 0.807. The minimum Gasteiger partial charge on any atom is -0.376 e. The molecule has 4 heteroatoms. The Labute approximate surface area is 109 Å². The summed E-state index contributed by atoms with van der Waals surface area (Å²) in [6, 6.07) is 8.01. The van der Waals surface area contributed by atoms with Crippen LogP contribution >= 0.6 is 0 Å². The van der Waals surface area contributed by atoms with Gasteiger partial charge in [0.1, 0.15) is 0 Å². The standard InChI is InChI=1S/C14H21N3O/c1-15-11-7-6-10-17(14(11)18)13-9-5-4-8-12(13)16(2)3/h4-5,8-9,11,15H,6-7,10H2,1-3H3. The highest BCUT2D eigenvalue weighted by molar-refractivity contribution is 6.00. The normalized spacial score (nSPS) is 20.1. The Balaban J connectivity index is 2.33. The van der Waals surface area contributed by atoms with Gasteiger partial charge < -0.3 is 15.1 Å². The molecule has 1 aliphatic rings. The zero-order valence-corrected chi connectivity index (χ0v) is 11.3. The lowest BCUT2D eigenvalue weighted by molar-refractivity contribution is -0.121. The van der Waals surface area contributed by atoms with E-state index in [1.165, 1.54) is 0 Å². The van der Waals surface area contributed by atoms with Gasteiger partial charge in [-0.05, 0) is 32.0 Å². The number of piperidine rings is 1. The molecule has 0 aliphatic carbocycles. The second-order valence-electron chi connectivity index (χ2n) is 4.86. The molecule has 1 amide bonds. The zero-order chi connectivity index (χ0) is 13.1. The van der Waals surface area contributed by atoms with E-state index in [2.05, 4.69) is 5.32 Å². The van der Waals surface area contributed by atoms with Crippen LogP contribution in [0.15, 0.2) is 24.3 Å². The van der Waals surface area contributed by atoms with Crippen LogP contribution in [0.1, 0.15) is 12.8 Å². The van der Waals surface area contributed by atoms with Crippen molar-refractivity contribution in [3.05, 3.63) is 24.3 Å². The zero-order valence-electron chi connectivity index (χ0n) is 11.3. The number of carbonyl (C=O) groups excluding carboxylic acids is 1. The highest BCUT2D eigenvalue weighted by Gasteiger charge is 2.29. The van der Waals surface area contributed by atoms with E-state index in [0.29, 0.717) is 0 Å². The van der Waals surface area contributed by atoms with Crippen LogP contribution in [0.3, 0.4) is 0 Å². The van der Waals surface area contributed by atoms with Crippen LogP contribution in [-0.4, -0.2) is 39.6 Å². The number of nitrogens with zero attached hydrogens (tertiary/aromatic N) is 2. The van der Waals surface area contributed by atoms with Gasteiger partial charge in [-0.1, -0.05) is 12.1 Å². The molecule has 0 spiro atoms. The highest BCUT2D eigenvalue weighted by Crippen LogP contribution is 2.30. The van der Waals surface area contributed by atoms with E-state index in [9.17, 15) is 4.79 Å². The Morgan fingerprint density at radius 1 is 1.33 bits per heavy atom. The predicted octanol–water partition coefficient (Wildman–Crippen LogP) is 1.47. The van der Waals surface area contributed by atoms with Crippen molar-refractivity contribution in [2.75, 3.05) is 37.5 Å². The Morgan fingerprint density at radius 2 is 2.06 bits per heavy atom. The van der Waals surface area contributed by atoms with Gasteiger partial charge in [0.25, 0.3) is 0 Å². The fraction of sp³-hybridized carbons (Fsp3) is 0.500. The van der Waals surface area contributed by atoms with Gasteiger partial charge in [0, 0.05) is 20.6 Å². The van der Waals surface area contributed by atoms with Crippen molar-refractivity contribution in [3.8, 4) is 0 Å². The molecule has 1 aromatic carbocycles. The quantitative estimate of drug-likeness (QED) is 0.878. The second-order valence-corrected chi connectivity index (χ2v) is 4.86. The molecule has 1 heterocycles. The minimum atomic E-state index is -0.0473. The van der Waals surface area contributed by atoms with Gasteiger partial charge in [-0.15, -0.1) is 0 Å². The van der Waals surface area contributed by atoms with E-state index in [1.54, 1.807) is 0 Å². The summed E-state index contributed by atoms with van der Waals surface area (Å²) in [5, 5.41) is 3.10. The molecule has 1 unspecified atom stereocenters. The first-order valence-corrected chi connectivity index (χ1v) is 6.40. The van der Waals surface area contributed by atoms with Crippen molar-refractivity contribution in [3.63, 3.8) is 0 Å². The molecule has 1 fully saturated rings. The molecule has 18 heavy (non-hydrogen) atoms. The summed E-state index contributed by atoms with van der Waals surface area (Å²) < 4.78 is 0. The number of para-hydroxylation sites is 2. The lowest BCUT2D eigenvalue weighted by Crippen LogP contribution is -2.50. The van der Waals surface area contributed by atoms with Crippen molar-refractivity contribution in [1.82, 2.24) is 5.32 Å². The van der Waals surface area contributed by atoms with Crippen LogP contribution < -0.4 is 15.1 Å². The summed E-state index contributed by atoms with van der Waals surface area (Å²) in [5.74, 6) is 0.179. The summed E-state index contributed by atoms with van der Waals surface area (Å²) in [5.41, 5.74) is 2.09. The molecular formula is C14H21N3O. The fourth-order valence-electron chi connectivity index (χ4n) is 2.45. The van der Waals surface area contributed by atoms with E-state index in [1.807, 2.05) is 55.2 Å². The molecule has 1 N–H and O–H groups in total. The maximum absolute atomic E-state index is 12.4. The van der Waals surface area contributed by atoms with Crippen molar-refractivity contribution >= 4 is 17.3 Å². The van der Waals surface area contributed by atoms with Crippen molar-refractivity contribution < 1.29 is 4.79 Å². The summed E-state index contributed by atoms with van der Waals surface area (Å²) in [6.07, 6.45) is 1.97. The van der Waals surface area contributed by atoms with Gasteiger partial charge in [-0.2, -0.15) is 0 Å². The van der Waals surface area contributed by atoms with Gasteiger partial charge in [0.2, 0.25) is 5.91 Å². The van der Waals surface area contributed by atoms with Crippen molar-refractivity contribution in [1.29, 1.82) is 0 Å². The van der Waals surface area contributed by atoms with Gasteiger partial charge in [-0.3, -0.25) is 4.79 Å². The molecule has 0 bridgehead atoms. The van der Waals surface area contributed by atoms with Crippen LogP contribution in [0.25, 0.3) is 0 Å². The molecule has 1 atom stereocenters. The number of carbonyl (C=O) groups is 1. The number of benzene rings is 1. The molecule has 1 aromatic rings. The third-order valence-corrected chi connectivity index (χ3v) is 3.44. The third kappa shape index (κ3) is 2.34. The Hall–Kier alpha value is -1.55. The van der Waals surface area contributed by atoms with E-state index < -0.39 is 0 Å². The number of rotatable bonds is 3. The van der Waals surface area contributed by atoms with Crippen molar-refractivity contribution in [2.24, 2.45) is 0 Å². The summed E-state index contributed by atoms with van der Waals surface area (Å²) in [4.78, 5) is 16.3. The average molecular weight is 247 g/mol. The first kappa shape index (κ1) is 12.9. The molecule has 0 saturated carbocycles. The molecule has 2 rings (SSSR count). The van der Waals surface area contributed by atoms with Crippen LogP contribution in [0.2, 0.25) is 0 Å². The first-order chi connectivity index (χ1) is 8.65. The molecule has 0 radical (unpaired) electrons. The van der Waals surface area contributed by atoms with E-state index >= 15 is 0 Å². The SMILES string of the molecule is CNC1CCCN(c2ccccc2N(C)C)C1=O. The van der Waals surface area contributed by atoms with Crippen LogP contribution in [0.5, 0.6) is 0 Å². The van der Waals surface area contributed by atoms with Crippen LogP contribution in [-0.2, 0) is 4.79 Å². The first-order valence-electron chi connectivity index (χ1n) is 6.40. The monoisotopic (exact) mass is 247 g/mol. The fourth-order valence-corrected chi connectivity index (χ4v) is 2.45. The minimum absolute atomic E-state index is 0.0473. The highest BCUT2D eigenvalue weighted by atomic mass is 16.2. The largest absolute Gasteiger partial charge is 0.376 e. The van der Waals surface area contributed by atoms with Gasteiger partial charge in [0.15, 0.2) is 0 Å². The number of hydrogen-bond donors (Lipinski definition) is 1. The third-order valence-electron chi connectivity index (χ3n) is 3.44. The topological polar surface area (TPSA) is 35.6 Å². The maximum atomic E-state index is 12.4. The molecule has 98 valence electrons. The van der Waals surface area contributed by atoms with Gasteiger partial charge in [0.05, 0.1) is 17.4 Å². The van der Waals surface area contributed by atoms with Crippen LogP contribution in [0, 0.1) is 0 Å². The van der Waals surface area contributed by atoms with Gasteiger partial charge in [-0.25, -0.2) is 0 Å². The van der Waals surface area contributed by atoms with Crippen molar-refractivity contribution in [2.45, 2.75) is 18.9 Å². The predicted molar refractivity (Wildman–Crippen MR) is 75.2 cm³/mol. The number of hydrogen-bond acceptors (Lipinski definition) is 3. The molecule has 1 aliphatic heterocycles. The number of anilines is 2. The molecular weight excluding hydrogens is 226 g/mol. The lowest BCUT2D eigenvalue weighted by Gasteiger charge is -2.34. The van der Waals surface area contributed by atoms with Crippen LogP contribution in [0.4, 0.5) is 11.4 Å². The van der Waals surface area contributed by atoms with E-state index in [4.69, 9.17) is 0 Å². The summed E-state index contributed by atoms with van der Waals surface area (Å²) in [7, 11) is 5.86. The Bertz CT molecular complexity index is 431. The lowest BCUT2D eigenvalue weighted by atomic mass is 10.0. The van der Waals surface area contributed by atoms with Gasteiger partial charge >= 0.3 is 0 Å². The number of amides is 1. The smallest absolute Gasteiger partial charge is 0.244 e.